The number of nitrogens with zero attached hydrogens (tertiary/aromatic N) is 1. The second-order valence-electron chi connectivity index (χ2n) is 7.14. The number of nitrogens with one attached hydrogen (secondary N) is 1. The minimum absolute atomic E-state index is 0.149. The molecule has 27 heavy (non-hydrogen) atoms. The summed E-state index contributed by atoms with van der Waals surface area (Å²) < 4.78 is 28.5. The van der Waals surface area contributed by atoms with Gasteiger partial charge in [0.25, 0.3) is 0 Å². The summed E-state index contributed by atoms with van der Waals surface area (Å²) in [6.07, 6.45) is 2.27. The molecule has 1 N–H and O–H groups in total. The molecule has 0 unspecified atom stereocenters. The van der Waals surface area contributed by atoms with E-state index >= 15 is 0 Å². The molecule has 0 radical (unpaired) electrons. The average molecular weight is 387 g/mol. The number of hydrogen-bond acceptors (Lipinski definition) is 3. The molecule has 1 amide bonds. The normalized spacial score (nSPS) is 15.7. The third-order valence-corrected chi connectivity index (χ3v) is 6.55. The van der Waals surface area contributed by atoms with E-state index in [9.17, 15) is 13.2 Å². The largest absolute Gasteiger partial charge is 0.341 e. The van der Waals surface area contributed by atoms with Gasteiger partial charge in [-0.2, -0.15) is 4.72 Å². The molecule has 1 heterocycles. The summed E-state index contributed by atoms with van der Waals surface area (Å²) in [5.74, 6) is -0.149. The quantitative estimate of drug-likeness (QED) is 0.830. The standard InChI is InChI=1S/C21H26N2O3S/c1-16-10-11-19(14-17(16)2)27(25,26)22-20(15-18-8-4-3-5-9-18)21(24)23-12-6-7-13-23/h3-5,8-11,14,20,22H,6-7,12-13,15H2,1-2H3/t20-/m0/s1. The van der Waals surface area contributed by atoms with E-state index in [1.807, 2.05) is 44.2 Å². The fourth-order valence-corrected chi connectivity index (χ4v) is 4.60. The lowest BCUT2D eigenvalue weighted by Crippen LogP contribution is -2.48. The van der Waals surface area contributed by atoms with E-state index in [0.717, 1.165) is 29.5 Å². The van der Waals surface area contributed by atoms with Gasteiger partial charge in [-0.15, -0.1) is 0 Å². The van der Waals surface area contributed by atoms with E-state index in [2.05, 4.69) is 4.72 Å². The van der Waals surface area contributed by atoms with Gasteiger partial charge in [0.05, 0.1) is 4.90 Å². The van der Waals surface area contributed by atoms with Crippen molar-refractivity contribution in [1.29, 1.82) is 0 Å². The van der Waals surface area contributed by atoms with Crippen molar-refractivity contribution in [1.82, 2.24) is 9.62 Å². The lowest BCUT2D eigenvalue weighted by molar-refractivity contribution is -0.131. The van der Waals surface area contributed by atoms with Gasteiger partial charge in [-0.25, -0.2) is 8.42 Å². The molecule has 0 saturated carbocycles. The molecule has 0 bridgehead atoms. The zero-order valence-corrected chi connectivity index (χ0v) is 16.6. The molecule has 1 atom stereocenters. The topological polar surface area (TPSA) is 66.5 Å². The highest BCUT2D eigenvalue weighted by Crippen LogP contribution is 2.18. The first-order valence-electron chi connectivity index (χ1n) is 9.29. The van der Waals surface area contributed by atoms with Gasteiger partial charge in [-0.05, 0) is 61.9 Å². The summed E-state index contributed by atoms with van der Waals surface area (Å²) in [6, 6.07) is 13.7. The van der Waals surface area contributed by atoms with Crippen molar-refractivity contribution in [2.75, 3.05) is 13.1 Å². The Hall–Kier alpha value is -2.18. The maximum Gasteiger partial charge on any atom is 0.241 e. The van der Waals surface area contributed by atoms with Crippen molar-refractivity contribution in [2.24, 2.45) is 0 Å². The van der Waals surface area contributed by atoms with Crippen LogP contribution in [0.15, 0.2) is 53.4 Å². The Bertz CT molecular complexity index is 904. The first-order valence-corrected chi connectivity index (χ1v) is 10.8. The minimum atomic E-state index is -3.79. The van der Waals surface area contributed by atoms with Crippen molar-refractivity contribution in [3.05, 3.63) is 65.2 Å². The van der Waals surface area contributed by atoms with Crippen LogP contribution in [0, 0.1) is 13.8 Å². The lowest BCUT2D eigenvalue weighted by atomic mass is 10.1. The highest BCUT2D eigenvalue weighted by atomic mass is 32.2. The molecule has 1 fully saturated rings. The molecule has 6 heteroatoms. The van der Waals surface area contributed by atoms with Crippen molar-refractivity contribution in [3.8, 4) is 0 Å². The molecule has 2 aromatic carbocycles. The summed E-state index contributed by atoms with van der Waals surface area (Å²) in [7, 11) is -3.79. The monoisotopic (exact) mass is 386 g/mol. The van der Waals surface area contributed by atoms with Gasteiger partial charge in [-0.1, -0.05) is 36.4 Å². The van der Waals surface area contributed by atoms with Crippen LogP contribution in [0.5, 0.6) is 0 Å². The zero-order valence-electron chi connectivity index (χ0n) is 15.8. The maximum atomic E-state index is 13.0. The van der Waals surface area contributed by atoms with Gasteiger partial charge in [-0.3, -0.25) is 4.79 Å². The van der Waals surface area contributed by atoms with Crippen molar-refractivity contribution in [2.45, 2.75) is 44.0 Å². The van der Waals surface area contributed by atoms with Crippen molar-refractivity contribution < 1.29 is 13.2 Å². The SMILES string of the molecule is Cc1ccc(S(=O)(=O)N[C@@H](Cc2ccccc2)C(=O)N2CCCC2)cc1C. The molecule has 1 saturated heterocycles. The summed E-state index contributed by atoms with van der Waals surface area (Å²) in [5.41, 5.74) is 2.86. The Balaban J connectivity index is 1.87. The summed E-state index contributed by atoms with van der Waals surface area (Å²) >= 11 is 0. The number of hydrogen-bond donors (Lipinski definition) is 1. The van der Waals surface area contributed by atoms with Gasteiger partial charge in [0, 0.05) is 13.1 Å². The van der Waals surface area contributed by atoms with Gasteiger partial charge in [0.2, 0.25) is 15.9 Å². The highest BCUT2D eigenvalue weighted by molar-refractivity contribution is 7.89. The third kappa shape index (κ3) is 4.76. The first-order chi connectivity index (χ1) is 12.9. The first kappa shape index (κ1) is 19.6. The predicted molar refractivity (Wildman–Crippen MR) is 106 cm³/mol. The highest BCUT2D eigenvalue weighted by Gasteiger charge is 2.30. The summed E-state index contributed by atoms with van der Waals surface area (Å²) in [6.45, 7) is 5.20. The molecule has 5 nitrogen and oxygen atoms in total. The molecule has 144 valence electrons. The Morgan fingerprint density at radius 1 is 1.04 bits per heavy atom. The predicted octanol–water partition coefficient (Wildman–Crippen LogP) is 2.82. The molecule has 0 aromatic heterocycles. The Labute approximate surface area is 161 Å². The van der Waals surface area contributed by atoms with Crippen LogP contribution in [0.3, 0.4) is 0 Å². The van der Waals surface area contributed by atoms with Crippen molar-refractivity contribution in [3.63, 3.8) is 0 Å². The van der Waals surface area contributed by atoms with Crippen LogP contribution in [0.4, 0.5) is 0 Å². The molecule has 0 aliphatic carbocycles. The fourth-order valence-electron chi connectivity index (χ4n) is 3.32. The number of carbonyl (C=O) groups is 1. The smallest absolute Gasteiger partial charge is 0.241 e. The Kier molecular flexibility index (Phi) is 5.97. The number of rotatable bonds is 6. The Morgan fingerprint density at radius 2 is 1.70 bits per heavy atom. The van der Waals surface area contributed by atoms with Crippen LogP contribution in [0.2, 0.25) is 0 Å². The summed E-state index contributed by atoms with van der Waals surface area (Å²) in [5, 5.41) is 0. The van der Waals surface area contributed by atoms with E-state index in [0.29, 0.717) is 19.5 Å². The van der Waals surface area contributed by atoms with Crippen LogP contribution in [0.25, 0.3) is 0 Å². The zero-order chi connectivity index (χ0) is 19.4. The molecule has 3 rings (SSSR count). The van der Waals surface area contributed by atoms with E-state index < -0.39 is 16.1 Å². The van der Waals surface area contributed by atoms with Crippen LogP contribution >= 0.6 is 0 Å². The second kappa shape index (κ2) is 8.23. The average Bonchev–Trinajstić information content (AvgIpc) is 3.18. The lowest BCUT2D eigenvalue weighted by Gasteiger charge is -2.24. The van der Waals surface area contributed by atoms with Crippen LogP contribution in [-0.4, -0.2) is 38.4 Å². The van der Waals surface area contributed by atoms with Gasteiger partial charge < -0.3 is 4.90 Å². The van der Waals surface area contributed by atoms with Gasteiger partial charge in [0.15, 0.2) is 0 Å². The van der Waals surface area contributed by atoms with Crippen LogP contribution in [-0.2, 0) is 21.2 Å². The number of likely N-dealkylation sites (tertiary alicyclic amines) is 1. The number of amides is 1. The molecular formula is C21H26N2O3S. The van der Waals surface area contributed by atoms with Crippen molar-refractivity contribution >= 4 is 15.9 Å². The maximum absolute atomic E-state index is 13.0. The number of carbonyl (C=O) groups excluding carboxylic acids is 1. The molecule has 1 aliphatic rings. The number of sulfonamides is 1. The number of aryl methyl sites for hydroxylation is 2. The second-order valence-corrected chi connectivity index (χ2v) is 8.86. The minimum Gasteiger partial charge on any atom is -0.341 e. The Morgan fingerprint density at radius 3 is 2.33 bits per heavy atom. The van der Waals surface area contributed by atoms with Crippen LogP contribution in [0.1, 0.15) is 29.5 Å². The van der Waals surface area contributed by atoms with E-state index in [1.54, 1.807) is 23.1 Å². The fraction of sp³-hybridized carbons (Fsp3) is 0.381. The van der Waals surface area contributed by atoms with E-state index in [-0.39, 0.29) is 10.8 Å². The molecule has 1 aliphatic heterocycles. The summed E-state index contributed by atoms with van der Waals surface area (Å²) in [4.78, 5) is 14.9. The van der Waals surface area contributed by atoms with Crippen LogP contribution < -0.4 is 4.72 Å². The molecular weight excluding hydrogens is 360 g/mol. The molecule has 0 spiro atoms. The number of benzene rings is 2. The third-order valence-electron chi connectivity index (χ3n) is 5.08. The van der Waals surface area contributed by atoms with Gasteiger partial charge >= 0.3 is 0 Å². The molecule has 2 aromatic rings. The van der Waals surface area contributed by atoms with E-state index in [1.165, 1.54) is 0 Å². The van der Waals surface area contributed by atoms with E-state index in [4.69, 9.17) is 0 Å². The van der Waals surface area contributed by atoms with Gasteiger partial charge in [0.1, 0.15) is 6.04 Å².